The van der Waals surface area contributed by atoms with Crippen molar-refractivity contribution in [1.82, 2.24) is 9.97 Å². The summed E-state index contributed by atoms with van der Waals surface area (Å²) in [5.74, 6) is 0.431. The van der Waals surface area contributed by atoms with Gasteiger partial charge in [-0.05, 0) is 12.1 Å². The van der Waals surface area contributed by atoms with Crippen molar-refractivity contribution in [3.63, 3.8) is 0 Å². The molecular weight excluding hydrogens is 192 g/mol. The van der Waals surface area contributed by atoms with Gasteiger partial charge in [-0.3, -0.25) is 0 Å². The molecule has 2 aromatic heterocycles. The van der Waals surface area contributed by atoms with Crippen LogP contribution in [0.2, 0.25) is 0 Å². The van der Waals surface area contributed by atoms with E-state index in [-0.39, 0.29) is 11.8 Å². The lowest BCUT2D eigenvalue weighted by atomic mass is 10.2. The summed E-state index contributed by atoms with van der Waals surface area (Å²) in [5.41, 5.74) is 13.1. The molecule has 5 heteroatoms. The second-order valence-electron chi connectivity index (χ2n) is 3.24. The van der Waals surface area contributed by atoms with E-state index in [0.717, 1.165) is 11.0 Å². The molecule has 0 saturated carbocycles. The molecule has 0 aliphatic carbocycles. The number of nitrogen functional groups attached to an aromatic ring is 2. The average molecular weight is 200 g/mol. The minimum Gasteiger partial charge on any atom is -0.450 e. The molecule has 0 saturated heterocycles. The maximum Gasteiger partial charge on any atom is 0.222 e. The molecule has 0 aliphatic rings. The van der Waals surface area contributed by atoms with Crippen LogP contribution in [-0.2, 0) is 0 Å². The van der Waals surface area contributed by atoms with Crippen LogP contribution in [0, 0.1) is 0 Å². The maximum absolute atomic E-state index is 5.70. The van der Waals surface area contributed by atoms with Gasteiger partial charge in [0.15, 0.2) is 11.4 Å². The first kappa shape index (κ1) is 8.05. The molecule has 5 nitrogen and oxygen atoms in total. The third-order valence-corrected chi connectivity index (χ3v) is 2.26. The van der Waals surface area contributed by atoms with Crippen LogP contribution in [0.4, 0.5) is 11.8 Å². The standard InChI is InChI=1S/C10H8N4O/c11-9-8-7(13-10(12)14-9)5-3-1-2-4-6(5)15-8/h1-4H,(H4,11,12,13,14). The van der Waals surface area contributed by atoms with Crippen LogP contribution < -0.4 is 11.5 Å². The maximum atomic E-state index is 5.70. The highest BCUT2D eigenvalue weighted by atomic mass is 16.3. The summed E-state index contributed by atoms with van der Waals surface area (Å²) in [4.78, 5) is 7.97. The smallest absolute Gasteiger partial charge is 0.222 e. The van der Waals surface area contributed by atoms with Gasteiger partial charge in [0.1, 0.15) is 11.1 Å². The van der Waals surface area contributed by atoms with Gasteiger partial charge in [0.05, 0.1) is 0 Å². The van der Waals surface area contributed by atoms with Gasteiger partial charge in [0.25, 0.3) is 0 Å². The van der Waals surface area contributed by atoms with Crippen molar-refractivity contribution in [2.45, 2.75) is 0 Å². The monoisotopic (exact) mass is 200 g/mol. The molecule has 0 spiro atoms. The van der Waals surface area contributed by atoms with E-state index in [1.54, 1.807) is 0 Å². The Bertz CT molecular complexity index is 659. The topological polar surface area (TPSA) is 91.0 Å². The SMILES string of the molecule is Nc1nc(N)c2oc3ccccc3c2n1. The highest BCUT2D eigenvalue weighted by Gasteiger charge is 2.11. The number of para-hydroxylation sites is 1. The molecule has 2 heterocycles. The van der Waals surface area contributed by atoms with Gasteiger partial charge in [0.2, 0.25) is 5.95 Å². The van der Waals surface area contributed by atoms with Crippen LogP contribution in [0.3, 0.4) is 0 Å². The fraction of sp³-hybridized carbons (Fsp3) is 0. The summed E-state index contributed by atoms with van der Waals surface area (Å²) >= 11 is 0. The molecule has 0 amide bonds. The van der Waals surface area contributed by atoms with Crippen LogP contribution in [0.1, 0.15) is 0 Å². The van der Waals surface area contributed by atoms with Crippen LogP contribution in [-0.4, -0.2) is 9.97 Å². The van der Waals surface area contributed by atoms with Gasteiger partial charge < -0.3 is 15.9 Å². The van der Waals surface area contributed by atoms with Gasteiger partial charge in [-0.25, -0.2) is 4.98 Å². The zero-order chi connectivity index (χ0) is 10.4. The largest absolute Gasteiger partial charge is 0.450 e. The second-order valence-corrected chi connectivity index (χ2v) is 3.24. The third-order valence-electron chi connectivity index (χ3n) is 2.26. The first-order chi connectivity index (χ1) is 7.25. The summed E-state index contributed by atoms with van der Waals surface area (Å²) in [6, 6.07) is 7.56. The summed E-state index contributed by atoms with van der Waals surface area (Å²) in [6.07, 6.45) is 0. The molecule has 0 unspecified atom stereocenters. The Balaban J connectivity index is 2.61. The normalized spacial score (nSPS) is 11.2. The number of benzene rings is 1. The van der Waals surface area contributed by atoms with E-state index in [2.05, 4.69) is 9.97 Å². The molecule has 0 radical (unpaired) electrons. The summed E-state index contributed by atoms with van der Waals surface area (Å²) < 4.78 is 5.53. The number of rotatable bonds is 0. The highest BCUT2D eigenvalue weighted by molar-refractivity contribution is 6.05. The Labute approximate surface area is 84.7 Å². The fourth-order valence-corrected chi connectivity index (χ4v) is 1.63. The molecule has 74 valence electrons. The van der Waals surface area contributed by atoms with E-state index >= 15 is 0 Å². The van der Waals surface area contributed by atoms with E-state index < -0.39 is 0 Å². The molecule has 0 fully saturated rings. The predicted octanol–water partition coefficient (Wildman–Crippen LogP) is 1.54. The fourth-order valence-electron chi connectivity index (χ4n) is 1.63. The number of anilines is 2. The lowest BCUT2D eigenvalue weighted by Gasteiger charge is -1.94. The van der Waals surface area contributed by atoms with Gasteiger partial charge in [-0.15, -0.1) is 0 Å². The number of furan rings is 1. The Morgan fingerprint density at radius 3 is 2.73 bits per heavy atom. The molecule has 3 rings (SSSR count). The first-order valence-corrected chi connectivity index (χ1v) is 4.46. The molecule has 0 atom stereocenters. The lowest BCUT2D eigenvalue weighted by Crippen LogP contribution is -1.98. The molecule has 4 N–H and O–H groups in total. The van der Waals surface area contributed by atoms with Crippen molar-refractivity contribution in [2.24, 2.45) is 0 Å². The average Bonchev–Trinajstić information content (AvgIpc) is 2.57. The Morgan fingerprint density at radius 1 is 1.07 bits per heavy atom. The van der Waals surface area contributed by atoms with E-state index in [1.807, 2.05) is 24.3 Å². The van der Waals surface area contributed by atoms with Gasteiger partial charge >= 0.3 is 0 Å². The summed E-state index contributed by atoms with van der Waals surface area (Å²) in [5, 5.41) is 0.897. The number of hydrogen-bond donors (Lipinski definition) is 2. The van der Waals surface area contributed by atoms with E-state index in [0.29, 0.717) is 11.1 Å². The Morgan fingerprint density at radius 2 is 1.87 bits per heavy atom. The van der Waals surface area contributed by atoms with Crippen LogP contribution in [0.15, 0.2) is 28.7 Å². The minimum absolute atomic E-state index is 0.159. The summed E-state index contributed by atoms with van der Waals surface area (Å²) in [7, 11) is 0. The lowest BCUT2D eigenvalue weighted by molar-refractivity contribution is 0.668. The first-order valence-electron chi connectivity index (χ1n) is 4.46. The van der Waals surface area contributed by atoms with Crippen LogP contribution in [0.5, 0.6) is 0 Å². The highest BCUT2D eigenvalue weighted by Crippen LogP contribution is 2.29. The zero-order valence-corrected chi connectivity index (χ0v) is 7.77. The zero-order valence-electron chi connectivity index (χ0n) is 7.77. The number of nitrogens with two attached hydrogens (primary N) is 2. The number of hydrogen-bond acceptors (Lipinski definition) is 5. The molecule has 1 aromatic carbocycles. The molecule has 0 aliphatic heterocycles. The van der Waals surface area contributed by atoms with Gasteiger partial charge in [-0.1, -0.05) is 12.1 Å². The van der Waals surface area contributed by atoms with E-state index in [9.17, 15) is 0 Å². The van der Waals surface area contributed by atoms with Crippen molar-refractivity contribution >= 4 is 33.8 Å². The molecule has 3 aromatic rings. The number of fused-ring (bicyclic) bond motifs is 3. The van der Waals surface area contributed by atoms with Crippen molar-refractivity contribution in [3.05, 3.63) is 24.3 Å². The minimum atomic E-state index is 0.159. The molecule has 0 bridgehead atoms. The number of aromatic nitrogens is 2. The van der Waals surface area contributed by atoms with Crippen molar-refractivity contribution in [2.75, 3.05) is 11.5 Å². The summed E-state index contributed by atoms with van der Waals surface area (Å²) in [6.45, 7) is 0. The van der Waals surface area contributed by atoms with E-state index in [1.165, 1.54) is 0 Å². The van der Waals surface area contributed by atoms with Crippen LogP contribution in [0.25, 0.3) is 22.1 Å². The van der Waals surface area contributed by atoms with Gasteiger partial charge in [0, 0.05) is 5.39 Å². The Hall–Kier alpha value is -2.30. The predicted molar refractivity (Wildman–Crippen MR) is 58.1 cm³/mol. The Kier molecular flexibility index (Phi) is 1.39. The number of nitrogens with zero attached hydrogens (tertiary/aromatic N) is 2. The quantitative estimate of drug-likeness (QED) is 0.574. The molecule has 15 heavy (non-hydrogen) atoms. The van der Waals surface area contributed by atoms with E-state index in [4.69, 9.17) is 15.9 Å². The van der Waals surface area contributed by atoms with Crippen molar-refractivity contribution in [3.8, 4) is 0 Å². The van der Waals surface area contributed by atoms with Gasteiger partial charge in [-0.2, -0.15) is 4.98 Å². The second kappa shape index (κ2) is 2.60. The van der Waals surface area contributed by atoms with Crippen molar-refractivity contribution < 1.29 is 4.42 Å². The van der Waals surface area contributed by atoms with Crippen molar-refractivity contribution in [1.29, 1.82) is 0 Å². The van der Waals surface area contributed by atoms with Crippen LogP contribution >= 0.6 is 0 Å². The molecular formula is C10H8N4O. The third kappa shape index (κ3) is 1.03.